The first-order chi connectivity index (χ1) is 9.34. The molecule has 0 saturated carbocycles. The maximum absolute atomic E-state index is 4.10. The number of nitrogens with zero attached hydrogens (tertiary/aromatic N) is 2. The Hall–Kier alpha value is -1.78. The van der Waals surface area contributed by atoms with Gasteiger partial charge < -0.3 is 10.6 Å². The van der Waals surface area contributed by atoms with Crippen molar-refractivity contribution in [3.05, 3.63) is 60.2 Å². The van der Waals surface area contributed by atoms with Crippen LogP contribution in [-0.2, 0) is 13.1 Å². The van der Waals surface area contributed by atoms with E-state index in [-0.39, 0.29) is 0 Å². The minimum Gasteiger partial charge on any atom is -0.311 e. The highest BCUT2D eigenvalue weighted by Gasteiger charge is 2.01. The molecule has 2 rings (SSSR count). The number of aromatic nitrogens is 2. The maximum atomic E-state index is 4.10. The zero-order valence-electron chi connectivity index (χ0n) is 11.2. The van der Waals surface area contributed by atoms with Crippen LogP contribution in [0.15, 0.2) is 49.1 Å². The third-order valence-corrected chi connectivity index (χ3v) is 2.88. The van der Waals surface area contributed by atoms with Gasteiger partial charge in [-0.3, -0.25) is 9.97 Å². The number of hydrogen-bond acceptors (Lipinski definition) is 4. The Bertz CT molecular complexity index is 458. The largest absolute Gasteiger partial charge is 0.311 e. The minimum atomic E-state index is 0.414. The first kappa shape index (κ1) is 13.6. The Morgan fingerprint density at radius 3 is 2.21 bits per heavy atom. The molecule has 0 amide bonds. The van der Waals surface area contributed by atoms with Crippen molar-refractivity contribution in [2.24, 2.45) is 0 Å². The fourth-order valence-electron chi connectivity index (χ4n) is 1.80. The second-order valence-electron chi connectivity index (χ2n) is 4.64. The molecule has 0 spiro atoms. The summed E-state index contributed by atoms with van der Waals surface area (Å²) in [6.07, 6.45) is 7.37. The number of rotatable bonds is 7. The Morgan fingerprint density at radius 1 is 1.00 bits per heavy atom. The molecule has 1 atom stereocenters. The van der Waals surface area contributed by atoms with Gasteiger partial charge in [-0.05, 0) is 30.2 Å². The fraction of sp³-hybridized carbons (Fsp3) is 0.333. The van der Waals surface area contributed by atoms with Crippen LogP contribution in [0.25, 0.3) is 0 Å². The van der Waals surface area contributed by atoms with Gasteiger partial charge in [-0.2, -0.15) is 0 Å². The summed E-state index contributed by atoms with van der Waals surface area (Å²) in [5.41, 5.74) is 2.42. The van der Waals surface area contributed by atoms with E-state index in [0.717, 1.165) is 19.6 Å². The zero-order chi connectivity index (χ0) is 13.3. The Kier molecular flexibility index (Phi) is 5.47. The highest BCUT2D eigenvalue weighted by molar-refractivity contribution is 5.08. The van der Waals surface area contributed by atoms with Crippen LogP contribution in [-0.4, -0.2) is 22.6 Å². The molecule has 2 aromatic heterocycles. The molecule has 2 aromatic rings. The predicted octanol–water partition coefficient (Wildman–Crippen LogP) is 1.74. The van der Waals surface area contributed by atoms with E-state index in [2.05, 4.69) is 39.7 Å². The fourth-order valence-corrected chi connectivity index (χ4v) is 1.80. The molecule has 0 aromatic carbocycles. The summed E-state index contributed by atoms with van der Waals surface area (Å²) in [4.78, 5) is 8.20. The van der Waals surface area contributed by atoms with Crippen molar-refractivity contribution >= 4 is 0 Å². The molecule has 2 N–H and O–H groups in total. The summed E-state index contributed by atoms with van der Waals surface area (Å²) in [6.45, 7) is 4.80. The summed E-state index contributed by atoms with van der Waals surface area (Å²) in [6, 6.07) is 8.49. The van der Waals surface area contributed by atoms with E-state index in [0.29, 0.717) is 6.04 Å². The van der Waals surface area contributed by atoms with Crippen molar-refractivity contribution in [2.45, 2.75) is 26.1 Å². The second-order valence-corrected chi connectivity index (χ2v) is 4.64. The highest BCUT2D eigenvalue weighted by atomic mass is 15.0. The van der Waals surface area contributed by atoms with Gasteiger partial charge in [0.1, 0.15) is 0 Å². The summed E-state index contributed by atoms with van der Waals surface area (Å²) < 4.78 is 0. The van der Waals surface area contributed by atoms with E-state index < -0.39 is 0 Å². The molecule has 1 unspecified atom stereocenters. The van der Waals surface area contributed by atoms with Crippen molar-refractivity contribution in [2.75, 3.05) is 6.54 Å². The number of hydrogen-bond donors (Lipinski definition) is 2. The van der Waals surface area contributed by atoms with E-state index in [1.54, 1.807) is 12.4 Å². The molecule has 0 aliphatic carbocycles. The lowest BCUT2D eigenvalue weighted by molar-refractivity contribution is 0.500. The monoisotopic (exact) mass is 256 g/mol. The molecule has 0 aliphatic heterocycles. The first-order valence-corrected chi connectivity index (χ1v) is 6.56. The Morgan fingerprint density at radius 2 is 1.63 bits per heavy atom. The van der Waals surface area contributed by atoms with Gasteiger partial charge in [0, 0.05) is 50.5 Å². The normalized spacial score (nSPS) is 12.3. The molecule has 2 heterocycles. The van der Waals surface area contributed by atoms with Crippen molar-refractivity contribution in [3.8, 4) is 0 Å². The lowest BCUT2D eigenvalue weighted by Crippen LogP contribution is -2.35. The molecule has 0 fully saturated rings. The van der Waals surface area contributed by atoms with E-state index in [1.807, 2.05) is 24.5 Å². The molecule has 0 saturated heterocycles. The smallest absolute Gasteiger partial charge is 0.0312 e. The summed E-state index contributed by atoms with van der Waals surface area (Å²) in [5.74, 6) is 0. The van der Waals surface area contributed by atoms with Gasteiger partial charge in [-0.1, -0.05) is 12.1 Å². The van der Waals surface area contributed by atoms with E-state index in [9.17, 15) is 0 Å². The average Bonchev–Trinajstić information content (AvgIpc) is 2.47. The van der Waals surface area contributed by atoms with E-state index >= 15 is 0 Å². The van der Waals surface area contributed by atoms with E-state index in [1.165, 1.54) is 11.1 Å². The van der Waals surface area contributed by atoms with Crippen molar-refractivity contribution in [3.63, 3.8) is 0 Å². The third kappa shape index (κ3) is 5.16. The van der Waals surface area contributed by atoms with Crippen LogP contribution < -0.4 is 10.6 Å². The predicted molar refractivity (Wildman–Crippen MR) is 76.5 cm³/mol. The molecule has 0 radical (unpaired) electrons. The van der Waals surface area contributed by atoms with Gasteiger partial charge in [0.05, 0.1) is 0 Å². The summed E-state index contributed by atoms with van der Waals surface area (Å²) in [7, 11) is 0. The molecule has 0 bridgehead atoms. The average molecular weight is 256 g/mol. The van der Waals surface area contributed by atoms with Gasteiger partial charge in [0.15, 0.2) is 0 Å². The van der Waals surface area contributed by atoms with Crippen LogP contribution in [0.1, 0.15) is 18.1 Å². The summed E-state index contributed by atoms with van der Waals surface area (Å²) >= 11 is 0. The topological polar surface area (TPSA) is 49.8 Å². The molecule has 4 nitrogen and oxygen atoms in total. The minimum absolute atomic E-state index is 0.414. The van der Waals surface area contributed by atoms with Crippen LogP contribution in [0.4, 0.5) is 0 Å². The van der Waals surface area contributed by atoms with Crippen LogP contribution in [0.3, 0.4) is 0 Å². The van der Waals surface area contributed by atoms with E-state index in [4.69, 9.17) is 0 Å². The summed E-state index contributed by atoms with van der Waals surface area (Å²) in [5, 5.41) is 6.89. The van der Waals surface area contributed by atoms with Crippen LogP contribution in [0, 0.1) is 0 Å². The lowest BCUT2D eigenvalue weighted by Gasteiger charge is -2.14. The maximum Gasteiger partial charge on any atom is 0.0312 e. The lowest BCUT2D eigenvalue weighted by atomic mass is 10.2. The molecular weight excluding hydrogens is 236 g/mol. The highest BCUT2D eigenvalue weighted by Crippen LogP contribution is 1.96. The second kappa shape index (κ2) is 7.61. The van der Waals surface area contributed by atoms with Gasteiger partial charge in [-0.25, -0.2) is 0 Å². The van der Waals surface area contributed by atoms with Crippen molar-refractivity contribution in [1.82, 2.24) is 20.6 Å². The zero-order valence-corrected chi connectivity index (χ0v) is 11.2. The number of pyridine rings is 2. The molecule has 0 aliphatic rings. The quantitative estimate of drug-likeness (QED) is 0.792. The Balaban J connectivity index is 1.64. The van der Waals surface area contributed by atoms with Gasteiger partial charge >= 0.3 is 0 Å². The Labute approximate surface area is 114 Å². The number of nitrogens with one attached hydrogen (secondary N) is 2. The van der Waals surface area contributed by atoms with Gasteiger partial charge in [-0.15, -0.1) is 0 Å². The van der Waals surface area contributed by atoms with Crippen LogP contribution >= 0.6 is 0 Å². The first-order valence-electron chi connectivity index (χ1n) is 6.56. The third-order valence-electron chi connectivity index (χ3n) is 2.88. The van der Waals surface area contributed by atoms with Crippen molar-refractivity contribution < 1.29 is 0 Å². The SMILES string of the molecule is CC(CNCc1cccnc1)NCc1cccnc1. The van der Waals surface area contributed by atoms with Crippen molar-refractivity contribution in [1.29, 1.82) is 0 Å². The molecule has 19 heavy (non-hydrogen) atoms. The van der Waals surface area contributed by atoms with Gasteiger partial charge in [0.25, 0.3) is 0 Å². The van der Waals surface area contributed by atoms with Gasteiger partial charge in [0.2, 0.25) is 0 Å². The molecule has 4 heteroatoms. The van der Waals surface area contributed by atoms with Crippen LogP contribution in [0.5, 0.6) is 0 Å². The molecular formula is C15H20N4. The van der Waals surface area contributed by atoms with Crippen LogP contribution in [0.2, 0.25) is 0 Å². The molecule has 100 valence electrons. The standard InChI is InChI=1S/C15H20N4/c1-13(19-12-15-5-3-7-17-10-15)8-18-11-14-4-2-6-16-9-14/h2-7,9-10,13,18-19H,8,11-12H2,1H3.